The number of carbonyl (C=O) groups is 3. The van der Waals surface area contributed by atoms with Crippen LogP contribution in [-0.4, -0.2) is 34.6 Å². The van der Waals surface area contributed by atoms with E-state index in [1.807, 2.05) is 0 Å². The monoisotopic (exact) mass is 299 g/mol. The van der Waals surface area contributed by atoms with E-state index in [0.29, 0.717) is 18.8 Å². The second-order valence-corrected chi connectivity index (χ2v) is 6.29. The van der Waals surface area contributed by atoms with Gasteiger partial charge in [-0.15, -0.1) is 0 Å². The molecule has 21 heavy (non-hydrogen) atoms. The number of amides is 3. The Hall–Kier alpha value is -1.79. The molecule has 0 aliphatic heterocycles. The van der Waals surface area contributed by atoms with Crippen LogP contribution in [0.25, 0.3) is 0 Å². The Balaban J connectivity index is 2.85. The van der Waals surface area contributed by atoms with Crippen LogP contribution in [0.1, 0.15) is 46.5 Å². The Kier molecular flexibility index (Phi) is 5.57. The first-order valence-electron chi connectivity index (χ1n) is 7.29. The molecule has 0 aromatic carbocycles. The maximum absolute atomic E-state index is 12.3. The van der Waals surface area contributed by atoms with Crippen molar-refractivity contribution < 1.29 is 19.5 Å². The van der Waals surface area contributed by atoms with Gasteiger partial charge in [0.25, 0.3) is 0 Å². The molecule has 0 aromatic heterocycles. The van der Waals surface area contributed by atoms with Gasteiger partial charge in [0, 0.05) is 0 Å². The van der Waals surface area contributed by atoms with Gasteiger partial charge in [0.1, 0.15) is 11.6 Å². The van der Waals surface area contributed by atoms with E-state index in [9.17, 15) is 19.5 Å². The van der Waals surface area contributed by atoms with E-state index in [1.54, 1.807) is 13.8 Å². The minimum atomic E-state index is -1.24. The second kappa shape index (κ2) is 6.78. The summed E-state index contributed by atoms with van der Waals surface area (Å²) in [6.45, 7) is 5.59. The zero-order valence-corrected chi connectivity index (χ0v) is 12.8. The average molecular weight is 299 g/mol. The zero-order chi connectivity index (χ0) is 16.2. The fraction of sp³-hybridized carbons (Fsp3) is 0.786. The van der Waals surface area contributed by atoms with Gasteiger partial charge in [-0.1, -0.05) is 20.8 Å². The molecule has 1 rings (SSSR count). The molecule has 7 nitrogen and oxygen atoms in total. The molecule has 7 heteroatoms. The Labute approximate surface area is 124 Å². The molecular formula is C14H25N3O4. The number of aliphatic carboxylic acids is 1. The molecule has 120 valence electrons. The average Bonchev–Trinajstić information content (AvgIpc) is 2.38. The van der Waals surface area contributed by atoms with Gasteiger partial charge < -0.3 is 21.5 Å². The number of primary amides is 1. The summed E-state index contributed by atoms with van der Waals surface area (Å²) in [5, 5.41) is 14.5. The van der Waals surface area contributed by atoms with Gasteiger partial charge in [-0.05, 0) is 37.5 Å². The lowest BCUT2D eigenvalue weighted by Gasteiger charge is -2.37. The quantitative estimate of drug-likeness (QED) is 0.600. The Morgan fingerprint density at radius 3 is 2.14 bits per heavy atom. The summed E-state index contributed by atoms with van der Waals surface area (Å²) in [6.07, 6.45) is 2.30. The number of hydrogen-bond donors (Lipinski definition) is 4. The molecule has 1 fully saturated rings. The van der Waals surface area contributed by atoms with Gasteiger partial charge in [-0.3, -0.25) is 4.79 Å². The highest BCUT2D eigenvalue weighted by Gasteiger charge is 2.43. The van der Waals surface area contributed by atoms with Crippen molar-refractivity contribution in [2.75, 3.05) is 0 Å². The first kappa shape index (κ1) is 17.3. The van der Waals surface area contributed by atoms with Crippen molar-refractivity contribution in [2.45, 2.75) is 58.0 Å². The summed E-state index contributed by atoms with van der Waals surface area (Å²) in [5.74, 6) is -1.25. The molecule has 0 spiro atoms. The van der Waals surface area contributed by atoms with Crippen molar-refractivity contribution in [1.82, 2.24) is 10.6 Å². The van der Waals surface area contributed by atoms with E-state index in [-0.39, 0.29) is 5.92 Å². The Morgan fingerprint density at radius 1 is 1.24 bits per heavy atom. The molecule has 1 unspecified atom stereocenters. The molecular weight excluding hydrogens is 274 g/mol. The third-order valence-corrected chi connectivity index (χ3v) is 4.15. The van der Waals surface area contributed by atoms with Crippen LogP contribution in [0, 0.1) is 11.8 Å². The first-order chi connectivity index (χ1) is 9.68. The Morgan fingerprint density at radius 2 is 1.76 bits per heavy atom. The number of carboxylic acid groups (broad SMARTS) is 1. The molecule has 5 N–H and O–H groups in total. The van der Waals surface area contributed by atoms with Crippen LogP contribution in [0.2, 0.25) is 0 Å². The highest BCUT2D eigenvalue weighted by Crippen LogP contribution is 2.32. The number of rotatable bonds is 5. The normalized spacial score (nSPS) is 27.0. The predicted molar refractivity (Wildman–Crippen MR) is 77.5 cm³/mol. The van der Waals surface area contributed by atoms with Crippen LogP contribution in [0.5, 0.6) is 0 Å². The number of carboxylic acids is 1. The maximum Gasteiger partial charge on any atom is 0.329 e. The van der Waals surface area contributed by atoms with E-state index in [0.717, 1.165) is 12.8 Å². The number of carbonyl (C=O) groups excluding carboxylic acids is 2. The molecule has 0 aromatic rings. The van der Waals surface area contributed by atoms with Crippen molar-refractivity contribution in [1.29, 1.82) is 0 Å². The summed E-state index contributed by atoms with van der Waals surface area (Å²) in [5.41, 5.74) is 3.83. The topological polar surface area (TPSA) is 122 Å². The summed E-state index contributed by atoms with van der Waals surface area (Å²) in [7, 11) is 0. The van der Waals surface area contributed by atoms with Gasteiger partial charge >= 0.3 is 12.0 Å². The van der Waals surface area contributed by atoms with Crippen molar-refractivity contribution in [3.05, 3.63) is 0 Å². The van der Waals surface area contributed by atoms with Crippen molar-refractivity contribution in [3.63, 3.8) is 0 Å². The van der Waals surface area contributed by atoms with Crippen LogP contribution >= 0.6 is 0 Å². The van der Waals surface area contributed by atoms with Gasteiger partial charge in [-0.2, -0.15) is 0 Å². The van der Waals surface area contributed by atoms with Crippen LogP contribution in [0.3, 0.4) is 0 Å². The third-order valence-electron chi connectivity index (χ3n) is 4.15. The van der Waals surface area contributed by atoms with E-state index >= 15 is 0 Å². The molecule has 0 radical (unpaired) electrons. The molecule has 1 aliphatic rings. The van der Waals surface area contributed by atoms with E-state index in [4.69, 9.17) is 5.73 Å². The van der Waals surface area contributed by atoms with Gasteiger partial charge in [0.2, 0.25) is 5.91 Å². The molecule has 1 atom stereocenters. The third kappa shape index (κ3) is 4.34. The van der Waals surface area contributed by atoms with E-state index in [2.05, 4.69) is 17.6 Å². The van der Waals surface area contributed by atoms with Crippen LogP contribution < -0.4 is 16.4 Å². The lowest BCUT2D eigenvalue weighted by atomic mass is 9.77. The minimum Gasteiger partial charge on any atom is -0.480 e. The lowest BCUT2D eigenvalue weighted by Crippen LogP contribution is -2.61. The summed E-state index contributed by atoms with van der Waals surface area (Å²) < 4.78 is 0. The number of nitrogens with one attached hydrogen (secondary N) is 2. The summed E-state index contributed by atoms with van der Waals surface area (Å²) in [4.78, 5) is 34.9. The molecule has 0 bridgehead atoms. The summed E-state index contributed by atoms with van der Waals surface area (Å²) >= 11 is 0. The molecule has 0 saturated heterocycles. The van der Waals surface area contributed by atoms with E-state index in [1.165, 1.54) is 0 Å². The highest BCUT2D eigenvalue weighted by atomic mass is 16.4. The van der Waals surface area contributed by atoms with Crippen LogP contribution in [0.15, 0.2) is 0 Å². The van der Waals surface area contributed by atoms with E-state index < -0.39 is 29.5 Å². The van der Waals surface area contributed by atoms with Crippen molar-refractivity contribution >= 4 is 17.9 Å². The number of urea groups is 1. The maximum atomic E-state index is 12.3. The fourth-order valence-electron chi connectivity index (χ4n) is 2.65. The zero-order valence-electron chi connectivity index (χ0n) is 12.8. The highest BCUT2D eigenvalue weighted by molar-refractivity contribution is 5.91. The fourth-order valence-corrected chi connectivity index (χ4v) is 2.65. The van der Waals surface area contributed by atoms with Crippen LogP contribution in [-0.2, 0) is 9.59 Å². The molecule has 1 saturated carbocycles. The van der Waals surface area contributed by atoms with Gasteiger partial charge in [0.15, 0.2) is 0 Å². The molecule has 3 amide bonds. The van der Waals surface area contributed by atoms with Gasteiger partial charge in [0.05, 0.1) is 0 Å². The van der Waals surface area contributed by atoms with Gasteiger partial charge in [-0.25, -0.2) is 9.59 Å². The number of nitrogens with two attached hydrogens (primary N) is 1. The first-order valence-corrected chi connectivity index (χ1v) is 7.29. The van der Waals surface area contributed by atoms with Crippen LogP contribution in [0.4, 0.5) is 4.79 Å². The number of hydrogen-bond acceptors (Lipinski definition) is 3. The largest absolute Gasteiger partial charge is 0.480 e. The Bertz CT molecular complexity index is 414. The summed E-state index contributed by atoms with van der Waals surface area (Å²) in [6, 6.07) is -1.64. The predicted octanol–water partition coefficient (Wildman–Crippen LogP) is 0.829. The SMILES string of the molecule is CC1CCC(NC(=O)C(NC(N)=O)C(C)C)(C(=O)O)CC1. The minimum absolute atomic E-state index is 0.189. The molecule has 1 aliphatic carbocycles. The van der Waals surface area contributed by atoms with Crippen molar-refractivity contribution in [2.24, 2.45) is 17.6 Å². The van der Waals surface area contributed by atoms with Crippen molar-refractivity contribution in [3.8, 4) is 0 Å². The standard InChI is InChI=1S/C14H25N3O4/c1-8(2)10(16-13(15)21)11(18)17-14(12(19)20)6-4-9(3)5-7-14/h8-10H,4-7H2,1-3H3,(H,17,18)(H,19,20)(H3,15,16,21). The second-order valence-electron chi connectivity index (χ2n) is 6.29. The smallest absolute Gasteiger partial charge is 0.329 e. The lowest BCUT2D eigenvalue weighted by molar-refractivity contribution is -0.150. The molecule has 0 heterocycles.